The molecule has 0 saturated carbocycles. The second kappa shape index (κ2) is 2.21. The van der Waals surface area contributed by atoms with Gasteiger partial charge < -0.3 is 0 Å². The van der Waals surface area contributed by atoms with Crippen LogP contribution in [-0.4, -0.2) is 9.78 Å². The van der Waals surface area contributed by atoms with E-state index in [0.717, 1.165) is 0 Å². The highest BCUT2D eigenvalue weighted by Gasteiger charge is 2.01. The Morgan fingerprint density at radius 1 is 1.67 bits per heavy atom. The fraction of sp³-hybridized carbons (Fsp3) is 0.571. The first-order valence-corrected chi connectivity index (χ1v) is 3.12. The molecule has 0 spiro atoms. The van der Waals surface area contributed by atoms with Crippen LogP contribution in [0.4, 0.5) is 0 Å². The van der Waals surface area contributed by atoms with E-state index in [0.29, 0.717) is 5.92 Å². The van der Waals surface area contributed by atoms with Crippen LogP contribution in [0.3, 0.4) is 0 Å². The van der Waals surface area contributed by atoms with Gasteiger partial charge in [0.15, 0.2) is 0 Å². The Balaban J connectivity index is 2.94. The van der Waals surface area contributed by atoms with Crippen LogP contribution < -0.4 is 0 Å². The lowest BCUT2D eigenvalue weighted by Gasteiger charge is -2.02. The second-order valence-electron chi connectivity index (χ2n) is 2.48. The van der Waals surface area contributed by atoms with Crippen molar-refractivity contribution in [3.63, 3.8) is 0 Å². The molecule has 0 aliphatic rings. The largest absolute Gasteiger partial charge is 0.272 e. The molecule has 1 rings (SSSR count). The van der Waals surface area contributed by atoms with E-state index >= 15 is 0 Å². The summed E-state index contributed by atoms with van der Waals surface area (Å²) < 4.78 is 1.85. The predicted octanol–water partition coefficient (Wildman–Crippen LogP) is 1.34. The summed E-state index contributed by atoms with van der Waals surface area (Å²) in [6.45, 7) is 4.29. The minimum absolute atomic E-state index is 0.550. The van der Waals surface area contributed by atoms with E-state index in [1.54, 1.807) is 0 Å². The average molecular weight is 123 g/mol. The molecule has 1 aromatic heterocycles. The van der Waals surface area contributed by atoms with Crippen molar-refractivity contribution in [2.45, 2.75) is 19.8 Å². The van der Waals surface area contributed by atoms with Gasteiger partial charge in [0.2, 0.25) is 0 Å². The summed E-state index contributed by atoms with van der Waals surface area (Å²) in [5.41, 5.74) is 1.23. The Labute approximate surface area is 55.5 Å². The molecule has 1 aromatic rings. The SMILES string of the molecule is CC(C)c1c[c]nn1C. The fourth-order valence-corrected chi connectivity index (χ4v) is 0.873. The maximum Gasteiger partial charge on any atom is 0.113 e. The Morgan fingerprint density at radius 3 is 2.56 bits per heavy atom. The van der Waals surface area contributed by atoms with Crippen molar-refractivity contribution < 1.29 is 0 Å². The first-order chi connectivity index (χ1) is 4.22. The van der Waals surface area contributed by atoms with Crippen molar-refractivity contribution >= 4 is 0 Å². The highest BCUT2D eigenvalue weighted by Crippen LogP contribution is 2.10. The highest BCUT2D eigenvalue weighted by atomic mass is 15.3. The zero-order valence-electron chi connectivity index (χ0n) is 6.05. The maximum atomic E-state index is 3.93. The molecule has 0 N–H and O–H groups in total. The number of rotatable bonds is 1. The van der Waals surface area contributed by atoms with Crippen molar-refractivity contribution in [2.24, 2.45) is 7.05 Å². The third-order valence-electron chi connectivity index (χ3n) is 1.39. The lowest BCUT2D eigenvalue weighted by atomic mass is 10.1. The highest BCUT2D eigenvalue weighted by molar-refractivity contribution is 5.03. The molecule has 1 radical (unpaired) electrons. The monoisotopic (exact) mass is 123 g/mol. The summed E-state index contributed by atoms with van der Waals surface area (Å²) in [4.78, 5) is 0. The van der Waals surface area contributed by atoms with E-state index < -0.39 is 0 Å². The minimum Gasteiger partial charge on any atom is -0.272 e. The Kier molecular flexibility index (Phi) is 1.56. The lowest BCUT2D eigenvalue weighted by molar-refractivity contribution is 0.668. The molecule has 0 aromatic carbocycles. The minimum atomic E-state index is 0.550. The standard InChI is InChI=1S/C7H11N2/c1-6(2)7-4-5-8-9(7)3/h4,6H,1-3H3. The summed E-state index contributed by atoms with van der Waals surface area (Å²) in [6, 6.07) is 1.92. The number of aryl methyl sites for hydroxylation is 1. The summed E-state index contributed by atoms with van der Waals surface area (Å²) in [6.07, 6.45) is 2.79. The molecule has 0 saturated heterocycles. The number of hydrogen-bond acceptors (Lipinski definition) is 1. The van der Waals surface area contributed by atoms with Gasteiger partial charge in [-0.05, 0) is 12.0 Å². The zero-order valence-corrected chi connectivity index (χ0v) is 6.05. The van der Waals surface area contributed by atoms with Gasteiger partial charge in [-0.25, -0.2) is 0 Å². The van der Waals surface area contributed by atoms with Crippen LogP contribution in [0, 0.1) is 6.20 Å². The van der Waals surface area contributed by atoms with Gasteiger partial charge in [0, 0.05) is 12.7 Å². The number of nitrogens with zero attached hydrogens (tertiary/aromatic N) is 2. The van der Waals surface area contributed by atoms with E-state index in [9.17, 15) is 0 Å². The molecule has 1 heterocycles. The van der Waals surface area contributed by atoms with Crippen molar-refractivity contribution in [3.8, 4) is 0 Å². The second-order valence-corrected chi connectivity index (χ2v) is 2.48. The van der Waals surface area contributed by atoms with Gasteiger partial charge in [-0.2, -0.15) is 5.10 Å². The molecule has 9 heavy (non-hydrogen) atoms. The summed E-state index contributed by atoms with van der Waals surface area (Å²) in [7, 11) is 1.94. The van der Waals surface area contributed by atoms with E-state index in [1.165, 1.54) is 5.69 Å². The molecule has 0 aliphatic heterocycles. The Bertz CT molecular complexity index is 189. The number of aromatic nitrogens is 2. The molecule has 0 aliphatic carbocycles. The van der Waals surface area contributed by atoms with Crippen LogP contribution in [0.25, 0.3) is 0 Å². The van der Waals surface area contributed by atoms with E-state index in [-0.39, 0.29) is 0 Å². The van der Waals surface area contributed by atoms with Crippen molar-refractivity contribution in [1.29, 1.82) is 0 Å². The molecule has 0 unspecified atom stereocenters. The van der Waals surface area contributed by atoms with Crippen LogP contribution >= 0.6 is 0 Å². The molecular formula is C7H11N2. The van der Waals surface area contributed by atoms with Crippen LogP contribution in [-0.2, 0) is 7.05 Å². The summed E-state index contributed by atoms with van der Waals surface area (Å²) in [5, 5.41) is 3.93. The third kappa shape index (κ3) is 1.12. The fourth-order valence-electron chi connectivity index (χ4n) is 0.873. The maximum absolute atomic E-state index is 3.93. The molecule has 2 heteroatoms. The molecule has 2 nitrogen and oxygen atoms in total. The molecular weight excluding hydrogens is 112 g/mol. The lowest BCUT2D eigenvalue weighted by Crippen LogP contribution is -1.98. The smallest absolute Gasteiger partial charge is 0.113 e. The van der Waals surface area contributed by atoms with Crippen molar-refractivity contribution in [2.75, 3.05) is 0 Å². The molecule has 0 bridgehead atoms. The van der Waals surface area contributed by atoms with E-state index in [1.807, 2.05) is 17.8 Å². The first kappa shape index (κ1) is 6.33. The predicted molar refractivity (Wildman–Crippen MR) is 36.1 cm³/mol. The van der Waals surface area contributed by atoms with Gasteiger partial charge >= 0.3 is 0 Å². The summed E-state index contributed by atoms with van der Waals surface area (Å²) >= 11 is 0. The topological polar surface area (TPSA) is 17.8 Å². The van der Waals surface area contributed by atoms with Crippen molar-refractivity contribution in [1.82, 2.24) is 9.78 Å². The first-order valence-electron chi connectivity index (χ1n) is 3.12. The van der Waals surface area contributed by atoms with Crippen molar-refractivity contribution in [3.05, 3.63) is 18.0 Å². The van der Waals surface area contributed by atoms with Gasteiger partial charge in [0.25, 0.3) is 0 Å². The third-order valence-corrected chi connectivity index (χ3v) is 1.39. The Morgan fingerprint density at radius 2 is 2.33 bits per heavy atom. The molecule has 49 valence electrons. The number of hydrogen-bond donors (Lipinski definition) is 0. The molecule has 0 amide bonds. The zero-order chi connectivity index (χ0) is 6.85. The summed E-state index contributed by atoms with van der Waals surface area (Å²) in [5.74, 6) is 0.550. The molecule has 0 fully saturated rings. The quantitative estimate of drug-likeness (QED) is 0.551. The molecule has 0 atom stereocenters. The van der Waals surface area contributed by atoms with Crippen LogP contribution in [0.2, 0.25) is 0 Å². The van der Waals surface area contributed by atoms with Crippen LogP contribution in [0.15, 0.2) is 6.07 Å². The van der Waals surface area contributed by atoms with Gasteiger partial charge in [-0.15, -0.1) is 0 Å². The van der Waals surface area contributed by atoms with Gasteiger partial charge in [-0.3, -0.25) is 4.68 Å². The van der Waals surface area contributed by atoms with Gasteiger partial charge in [0.05, 0.1) is 0 Å². The average Bonchev–Trinajstić information content (AvgIpc) is 2.13. The van der Waals surface area contributed by atoms with E-state index in [2.05, 4.69) is 25.1 Å². The van der Waals surface area contributed by atoms with Crippen LogP contribution in [0.5, 0.6) is 0 Å². The van der Waals surface area contributed by atoms with Gasteiger partial charge in [0.1, 0.15) is 6.20 Å². The normalized spacial score (nSPS) is 10.7. The van der Waals surface area contributed by atoms with Crippen LogP contribution in [0.1, 0.15) is 25.5 Å². The van der Waals surface area contributed by atoms with Gasteiger partial charge in [-0.1, -0.05) is 13.8 Å². The Hall–Kier alpha value is -0.790. The van der Waals surface area contributed by atoms with E-state index in [4.69, 9.17) is 0 Å².